The molecule has 108 valence electrons. The highest BCUT2D eigenvalue weighted by Crippen LogP contribution is 2.47. The number of anilines is 1. The first-order chi connectivity index (χ1) is 10.1. The van der Waals surface area contributed by atoms with Gasteiger partial charge in [-0.3, -0.25) is 9.59 Å². The van der Waals surface area contributed by atoms with E-state index in [1.165, 1.54) is 0 Å². The zero-order valence-corrected chi connectivity index (χ0v) is 11.1. The molecule has 0 spiro atoms. The van der Waals surface area contributed by atoms with Gasteiger partial charge in [-0.2, -0.15) is 0 Å². The fourth-order valence-corrected chi connectivity index (χ4v) is 3.21. The zero-order chi connectivity index (χ0) is 14.6. The maximum absolute atomic E-state index is 12.2. The quantitative estimate of drug-likeness (QED) is 0.822. The minimum atomic E-state index is -1.01. The first-order valence-corrected chi connectivity index (χ1v) is 6.85. The number of carbonyl (C=O) groups excluding carboxylic acids is 1. The normalized spacial score (nSPS) is 22.5. The lowest BCUT2D eigenvalue weighted by Gasteiger charge is -2.31. The van der Waals surface area contributed by atoms with Crippen LogP contribution in [0, 0.1) is 0 Å². The summed E-state index contributed by atoms with van der Waals surface area (Å²) in [5, 5.41) is 12.8. The molecule has 1 aromatic rings. The van der Waals surface area contributed by atoms with Crippen molar-refractivity contribution in [1.29, 1.82) is 0 Å². The summed E-state index contributed by atoms with van der Waals surface area (Å²) < 4.78 is 10.6. The predicted octanol–water partition coefficient (Wildman–Crippen LogP) is 2.02. The van der Waals surface area contributed by atoms with Gasteiger partial charge >= 0.3 is 5.97 Å². The average Bonchev–Trinajstić information content (AvgIpc) is 2.89. The second-order valence-corrected chi connectivity index (χ2v) is 5.36. The molecule has 1 aromatic carbocycles. The molecule has 1 atom stereocenters. The van der Waals surface area contributed by atoms with E-state index in [1.807, 2.05) is 0 Å². The Hall–Kier alpha value is -2.50. The van der Waals surface area contributed by atoms with Crippen LogP contribution >= 0.6 is 0 Å². The third-order valence-corrected chi connectivity index (χ3v) is 4.13. The smallest absolute Gasteiger partial charge is 0.315 e. The Morgan fingerprint density at radius 1 is 1.24 bits per heavy atom. The van der Waals surface area contributed by atoms with Gasteiger partial charge in [-0.05, 0) is 24.5 Å². The van der Waals surface area contributed by atoms with Gasteiger partial charge < -0.3 is 19.9 Å². The lowest BCUT2D eigenvalue weighted by atomic mass is 9.79. The number of benzene rings is 1. The number of fused-ring (bicyclic) bond motifs is 2. The van der Waals surface area contributed by atoms with Crippen molar-refractivity contribution in [2.45, 2.75) is 25.2 Å². The molecule has 1 aliphatic carbocycles. The Labute approximate surface area is 120 Å². The highest BCUT2D eigenvalue weighted by atomic mass is 16.7. The highest BCUT2D eigenvalue weighted by molar-refractivity contribution is 6.06. The molecule has 2 aliphatic heterocycles. The summed E-state index contributed by atoms with van der Waals surface area (Å²) in [5.41, 5.74) is 2.35. The molecule has 2 heterocycles. The van der Waals surface area contributed by atoms with E-state index in [2.05, 4.69) is 5.32 Å². The maximum atomic E-state index is 12.2. The topological polar surface area (TPSA) is 84.9 Å². The fourth-order valence-electron chi connectivity index (χ4n) is 3.21. The van der Waals surface area contributed by atoms with E-state index >= 15 is 0 Å². The van der Waals surface area contributed by atoms with Gasteiger partial charge in [-0.1, -0.05) is 0 Å². The Morgan fingerprint density at radius 3 is 2.76 bits per heavy atom. The third-order valence-electron chi connectivity index (χ3n) is 4.13. The second kappa shape index (κ2) is 4.25. The molecule has 0 bridgehead atoms. The number of hydrogen-bond acceptors (Lipinski definition) is 5. The monoisotopic (exact) mass is 287 g/mol. The van der Waals surface area contributed by atoms with E-state index in [4.69, 9.17) is 9.47 Å². The third kappa shape index (κ3) is 1.72. The molecular formula is C15H13NO5. The van der Waals surface area contributed by atoms with Crippen molar-refractivity contribution in [2.24, 2.45) is 0 Å². The Morgan fingerprint density at radius 2 is 2.00 bits per heavy atom. The minimum absolute atomic E-state index is 0.0838. The number of ketones is 1. The van der Waals surface area contributed by atoms with E-state index in [0.29, 0.717) is 41.2 Å². The number of allylic oxidation sites excluding steroid dienone is 1. The summed E-state index contributed by atoms with van der Waals surface area (Å²) in [6, 6.07) is 3.41. The van der Waals surface area contributed by atoms with Crippen LogP contribution in [-0.2, 0) is 9.59 Å². The first-order valence-electron chi connectivity index (χ1n) is 6.85. The van der Waals surface area contributed by atoms with Crippen LogP contribution < -0.4 is 14.8 Å². The van der Waals surface area contributed by atoms with E-state index in [-0.39, 0.29) is 12.6 Å². The van der Waals surface area contributed by atoms with Crippen molar-refractivity contribution >= 4 is 17.4 Å². The number of ether oxygens (including phenoxy) is 2. The summed E-state index contributed by atoms with van der Waals surface area (Å²) in [6.07, 6.45) is 1.85. The van der Waals surface area contributed by atoms with Gasteiger partial charge in [0, 0.05) is 29.4 Å². The number of carboxylic acids is 1. The molecule has 6 nitrogen and oxygen atoms in total. The SMILES string of the molecule is O=C1CCCC2=C1C(C(=O)O)c1cc3c(cc1N2)OCO3. The number of hydrogen-bond donors (Lipinski definition) is 2. The van der Waals surface area contributed by atoms with Crippen LogP contribution in [0.1, 0.15) is 30.7 Å². The number of Topliss-reactive ketones (excluding diaryl/α,β-unsaturated/α-hetero) is 1. The van der Waals surface area contributed by atoms with E-state index in [9.17, 15) is 14.7 Å². The summed E-state index contributed by atoms with van der Waals surface area (Å²) in [4.78, 5) is 23.9. The molecule has 21 heavy (non-hydrogen) atoms. The summed E-state index contributed by atoms with van der Waals surface area (Å²) >= 11 is 0. The van der Waals surface area contributed by atoms with Gasteiger partial charge in [-0.15, -0.1) is 0 Å². The predicted molar refractivity (Wildman–Crippen MR) is 72.4 cm³/mol. The van der Waals surface area contributed by atoms with Gasteiger partial charge in [0.1, 0.15) is 5.92 Å². The molecule has 0 saturated carbocycles. The second-order valence-electron chi connectivity index (χ2n) is 5.36. The van der Waals surface area contributed by atoms with Crippen molar-refractivity contribution in [2.75, 3.05) is 12.1 Å². The number of aliphatic carboxylic acids is 1. The molecule has 0 saturated heterocycles. The molecule has 0 amide bonds. The minimum Gasteiger partial charge on any atom is -0.481 e. The van der Waals surface area contributed by atoms with E-state index < -0.39 is 11.9 Å². The Bertz CT molecular complexity index is 706. The Balaban J connectivity index is 1.91. The van der Waals surface area contributed by atoms with Crippen molar-refractivity contribution in [3.8, 4) is 11.5 Å². The van der Waals surface area contributed by atoms with E-state index in [0.717, 1.165) is 12.1 Å². The maximum Gasteiger partial charge on any atom is 0.315 e. The van der Waals surface area contributed by atoms with Gasteiger partial charge in [0.05, 0.1) is 0 Å². The van der Waals surface area contributed by atoms with Gasteiger partial charge in [0.25, 0.3) is 0 Å². The molecule has 0 fully saturated rings. The summed E-state index contributed by atoms with van der Waals surface area (Å²) in [6.45, 7) is 0.127. The zero-order valence-electron chi connectivity index (χ0n) is 11.1. The lowest BCUT2D eigenvalue weighted by Crippen LogP contribution is -2.30. The van der Waals surface area contributed by atoms with Crippen LogP contribution in [0.5, 0.6) is 11.5 Å². The molecule has 3 aliphatic rings. The number of carboxylic acid groups (broad SMARTS) is 1. The van der Waals surface area contributed by atoms with Crippen LogP contribution in [-0.4, -0.2) is 23.7 Å². The van der Waals surface area contributed by atoms with Crippen LogP contribution in [0.3, 0.4) is 0 Å². The molecule has 4 rings (SSSR count). The van der Waals surface area contributed by atoms with Crippen LogP contribution in [0.2, 0.25) is 0 Å². The first kappa shape index (κ1) is 12.3. The summed E-state index contributed by atoms with van der Waals surface area (Å²) in [7, 11) is 0. The van der Waals surface area contributed by atoms with Crippen LogP contribution in [0.25, 0.3) is 0 Å². The van der Waals surface area contributed by atoms with Crippen molar-refractivity contribution in [3.63, 3.8) is 0 Å². The molecular weight excluding hydrogens is 274 g/mol. The average molecular weight is 287 g/mol. The van der Waals surface area contributed by atoms with Crippen molar-refractivity contribution < 1.29 is 24.2 Å². The largest absolute Gasteiger partial charge is 0.481 e. The van der Waals surface area contributed by atoms with Crippen molar-refractivity contribution in [3.05, 3.63) is 29.0 Å². The molecule has 2 N–H and O–H groups in total. The van der Waals surface area contributed by atoms with E-state index in [1.54, 1.807) is 12.1 Å². The molecule has 1 unspecified atom stereocenters. The van der Waals surface area contributed by atoms with Crippen LogP contribution in [0.4, 0.5) is 5.69 Å². The highest BCUT2D eigenvalue weighted by Gasteiger charge is 2.39. The van der Waals surface area contributed by atoms with Gasteiger partial charge in [-0.25, -0.2) is 0 Å². The fraction of sp³-hybridized carbons (Fsp3) is 0.333. The number of carbonyl (C=O) groups is 2. The van der Waals surface area contributed by atoms with Gasteiger partial charge in [0.15, 0.2) is 17.3 Å². The van der Waals surface area contributed by atoms with Crippen molar-refractivity contribution in [1.82, 2.24) is 0 Å². The van der Waals surface area contributed by atoms with Crippen LogP contribution in [0.15, 0.2) is 23.4 Å². The lowest BCUT2D eigenvalue weighted by molar-refractivity contribution is -0.138. The molecule has 6 heteroatoms. The standard InChI is InChI=1S/C15H13NO5/c17-10-3-1-2-8-14(10)13(15(18)19)7-4-11-12(21-6-20-11)5-9(7)16-8/h4-5,13,16H,1-3,6H2,(H,18,19). The molecule has 0 radical (unpaired) electrons. The number of nitrogens with one attached hydrogen (secondary N) is 1. The Kier molecular flexibility index (Phi) is 2.48. The number of rotatable bonds is 1. The summed E-state index contributed by atoms with van der Waals surface area (Å²) in [5.74, 6) is -0.914. The van der Waals surface area contributed by atoms with Gasteiger partial charge in [0.2, 0.25) is 6.79 Å². The molecule has 0 aromatic heterocycles.